The first-order chi connectivity index (χ1) is 6.38. The van der Waals surface area contributed by atoms with Crippen molar-refractivity contribution in [1.29, 1.82) is 0 Å². The fourth-order valence-electron chi connectivity index (χ4n) is 1.44. The standard InChI is InChI=1S/C11H15NO/c1-2-9-4-3-5-10(6-9)12-11-7-13-8-11/h3-6,11-12H,2,7-8H2,1H3. The van der Waals surface area contributed by atoms with E-state index in [4.69, 9.17) is 4.74 Å². The van der Waals surface area contributed by atoms with Crippen LogP contribution in [-0.4, -0.2) is 19.3 Å². The molecule has 0 amide bonds. The van der Waals surface area contributed by atoms with Crippen LogP contribution in [0.25, 0.3) is 0 Å². The van der Waals surface area contributed by atoms with Crippen molar-refractivity contribution in [3.63, 3.8) is 0 Å². The maximum absolute atomic E-state index is 5.10. The molecule has 0 aliphatic carbocycles. The number of anilines is 1. The highest BCUT2D eigenvalue weighted by Crippen LogP contribution is 2.14. The molecule has 1 fully saturated rings. The summed E-state index contributed by atoms with van der Waals surface area (Å²) in [6.07, 6.45) is 1.09. The predicted octanol–water partition coefficient (Wildman–Crippen LogP) is 2.06. The summed E-state index contributed by atoms with van der Waals surface area (Å²) in [5, 5.41) is 3.43. The predicted molar refractivity (Wildman–Crippen MR) is 54.0 cm³/mol. The van der Waals surface area contributed by atoms with Gasteiger partial charge < -0.3 is 10.1 Å². The number of aryl methyl sites for hydroxylation is 1. The van der Waals surface area contributed by atoms with Crippen LogP contribution in [0.1, 0.15) is 12.5 Å². The molecular formula is C11H15NO. The van der Waals surface area contributed by atoms with E-state index in [0.29, 0.717) is 6.04 Å². The highest BCUT2D eigenvalue weighted by atomic mass is 16.5. The fraction of sp³-hybridized carbons (Fsp3) is 0.455. The summed E-state index contributed by atoms with van der Waals surface area (Å²) in [6, 6.07) is 9.09. The van der Waals surface area contributed by atoms with Crippen molar-refractivity contribution in [1.82, 2.24) is 0 Å². The van der Waals surface area contributed by atoms with Gasteiger partial charge >= 0.3 is 0 Å². The lowest BCUT2D eigenvalue weighted by Crippen LogP contribution is -2.40. The van der Waals surface area contributed by atoms with Gasteiger partial charge in [-0.2, -0.15) is 0 Å². The van der Waals surface area contributed by atoms with Gasteiger partial charge in [-0.15, -0.1) is 0 Å². The van der Waals surface area contributed by atoms with Gasteiger partial charge in [0.2, 0.25) is 0 Å². The summed E-state index contributed by atoms with van der Waals surface area (Å²) in [6.45, 7) is 3.86. The molecule has 13 heavy (non-hydrogen) atoms. The minimum Gasteiger partial charge on any atom is -0.378 e. The molecule has 1 heterocycles. The van der Waals surface area contributed by atoms with E-state index >= 15 is 0 Å². The molecule has 2 heteroatoms. The van der Waals surface area contributed by atoms with Gasteiger partial charge in [0.05, 0.1) is 19.3 Å². The van der Waals surface area contributed by atoms with Crippen LogP contribution < -0.4 is 5.32 Å². The van der Waals surface area contributed by atoms with Crippen LogP contribution in [0.4, 0.5) is 5.69 Å². The molecule has 0 aromatic heterocycles. The molecule has 1 aliphatic rings. The Morgan fingerprint density at radius 1 is 1.46 bits per heavy atom. The molecule has 0 spiro atoms. The molecule has 1 N–H and O–H groups in total. The zero-order valence-electron chi connectivity index (χ0n) is 7.92. The Bertz CT molecular complexity index is 281. The van der Waals surface area contributed by atoms with Gasteiger partial charge in [-0.05, 0) is 24.1 Å². The minimum absolute atomic E-state index is 0.520. The molecule has 1 aromatic carbocycles. The molecule has 2 rings (SSSR count). The minimum atomic E-state index is 0.520. The van der Waals surface area contributed by atoms with E-state index in [9.17, 15) is 0 Å². The van der Waals surface area contributed by atoms with Crippen molar-refractivity contribution in [2.75, 3.05) is 18.5 Å². The number of ether oxygens (including phenoxy) is 1. The van der Waals surface area contributed by atoms with Crippen LogP contribution in [0.15, 0.2) is 24.3 Å². The Labute approximate surface area is 78.9 Å². The number of nitrogens with one attached hydrogen (secondary N) is 1. The average molecular weight is 177 g/mol. The van der Waals surface area contributed by atoms with Crippen LogP contribution in [0, 0.1) is 0 Å². The van der Waals surface area contributed by atoms with Crippen LogP contribution in [0.3, 0.4) is 0 Å². The lowest BCUT2D eigenvalue weighted by molar-refractivity contribution is 0.0211. The highest BCUT2D eigenvalue weighted by molar-refractivity contribution is 5.46. The molecule has 1 aliphatic heterocycles. The molecule has 70 valence electrons. The molecule has 1 aromatic rings. The molecule has 0 bridgehead atoms. The zero-order chi connectivity index (χ0) is 9.10. The van der Waals surface area contributed by atoms with Gasteiger partial charge in [0.25, 0.3) is 0 Å². The first kappa shape index (κ1) is 8.57. The Morgan fingerprint density at radius 2 is 2.31 bits per heavy atom. The zero-order valence-corrected chi connectivity index (χ0v) is 7.92. The van der Waals surface area contributed by atoms with Gasteiger partial charge in [-0.25, -0.2) is 0 Å². The van der Waals surface area contributed by atoms with Gasteiger partial charge in [0, 0.05) is 5.69 Å². The number of benzene rings is 1. The topological polar surface area (TPSA) is 21.3 Å². The largest absolute Gasteiger partial charge is 0.378 e. The molecule has 0 atom stereocenters. The third kappa shape index (κ3) is 2.01. The second-order valence-corrected chi connectivity index (χ2v) is 3.43. The summed E-state index contributed by atoms with van der Waals surface area (Å²) >= 11 is 0. The molecule has 0 saturated carbocycles. The van der Waals surface area contributed by atoms with Crippen molar-refractivity contribution in [3.05, 3.63) is 29.8 Å². The van der Waals surface area contributed by atoms with E-state index < -0.39 is 0 Å². The van der Waals surface area contributed by atoms with E-state index in [1.165, 1.54) is 11.3 Å². The smallest absolute Gasteiger partial charge is 0.0728 e. The van der Waals surface area contributed by atoms with Crippen molar-refractivity contribution in [3.8, 4) is 0 Å². The van der Waals surface area contributed by atoms with Crippen LogP contribution in [-0.2, 0) is 11.2 Å². The number of rotatable bonds is 3. The molecule has 0 radical (unpaired) electrons. The lowest BCUT2D eigenvalue weighted by atomic mass is 10.1. The van der Waals surface area contributed by atoms with Gasteiger partial charge in [-0.1, -0.05) is 19.1 Å². The van der Waals surface area contributed by atoms with E-state index in [1.807, 2.05) is 0 Å². The Balaban J connectivity index is 2.01. The van der Waals surface area contributed by atoms with E-state index in [-0.39, 0.29) is 0 Å². The van der Waals surface area contributed by atoms with Crippen LogP contribution >= 0.6 is 0 Å². The van der Waals surface area contributed by atoms with Crippen molar-refractivity contribution in [2.45, 2.75) is 19.4 Å². The monoisotopic (exact) mass is 177 g/mol. The van der Waals surface area contributed by atoms with E-state index in [0.717, 1.165) is 19.6 Å². The Kier molecular flexibility index (Phi) is 2.50. The summed E-state index contributed by atoms with van der Waals surface area (Å²) in [5.41, 5.74) is 2.60. The van der Waals surface area contributed by atoms with Gasteiger partial charge in [0.1, 0.15) is 0 Å². The average Bonchev–Trinajstić information content (AvgIpc) is 2.12. The Morgan fingerprint density at radius 3 is 2.92 bits per heavy atom. The second kappa shape index (κ2) is 3.79. The third-order valence-corrected chi connectivity index (χ3v) is 2.34. The molecule has 2 nitrogen and oxygen atoms in total. The first-order valence-electron chi connectivity index (χ1n) is 4.81. The van der Waals surface area contributed by atoms with E-state index in [1.54, 1.807) is 0 Å². The fourth-order valence-corrected chi connectivity index (χ4v) is 1.44. The summed E-state index contributed by atoms with van der Waals surface area (Å²) in [7, 11) is 0. The quantitative estimate of drug-likeness (QED) is 0.763. The van der Waals surface area contributed by atoms with Gasteiger partial charge in [-0.3, -0.25) is 0 Å². The second-order valence-electron chi connectivity index (χ2n) is 3.43. The van der Waals surface area contributed by atoms with Crippen LogP contribution in [0.5, 0.6) is 0 Å². The van der Waals surface area contributed by atoms with Crippen molar-refractivity contribution < 1.29 is 4.74 Å². The van der Waals surface area contributed by atoms with Gasteiger partial charge in [0.15, 0.2) is 0 Å². The summed E-state index contributed by atoms with van der Waals surface area (Å²) < 4.78 is 5.10. The Hall–Kier alpha value is -1.02. The van der Waals surface area contributed by atoms with Crippen molar-refractivity contribution >= 4 is 5.69 Å². The number of hydrogen-bond donors (Lipinski definition) is 1. The first-order valence-corrected chi connectivity index (χ1v) is 4.81. The molecule has 1 saturated heterocycles. The summed E-state index contributed by atoms with van der Waals surface area (Å²) in [4.78, 5) is 0. The normalized spacial score (nSPS) is 16.7. The highest BCUT2D eigenvalue weighted by Gasteiger charge is 2.17. The summed E-state index contributed by atoms with van der Waals surface area (Å²) in [5.74, 6) is 0. The van der Waals surface area contributed by atoms with Crippen LogP contribution in [0.2, 0.25) is 0 Å². The third-order valence-electron chi connectivity index (χ3n) is 2.34. The maximum Gasteiger partial charge on any atom is 0.0728 e. The van der Waals surface area contributed by atoms with E-state index in [2.05, 4.69) is 36.5 Å². The number of hydrogen-bond acceptors (Lipinski definition) is 2. The molecule has 0 unspecified atom stereocenters. The molecular weight excluding hydrogens is 162 g/mol. The van der Waals surface area contributed by atoms with Crippen molar-refractivity contribution in [2.24, 2.45) is 0 Å². The SMILES string of the molecule is CCc1cccc(NC2COC2)c1. The maximum atomic E-state index is 5.10. The lowest BCUT2D eigenvalue weighted by Gasteiger charge is -2.27.